The smallest absolute Gasteiger partial charge is 0.231 e. The number of rotatable bonds is 4. The molecule has 0 spiro atoms. The molecule has 3 rings (SSSR count). The van der Waals surface area contributed by atoms with Crippen LogP contribution in [0, 0.1) is 0 Å². The third-order valence-electron chi connectivity index (χ3n) is 4.02. The van der Waals surface area contributed by atoms with E-state index in [4.69, 9.17) is 9.47 Å². The third-order valence-corrected chi connectivity index (χ3v) is 4.02. The topological polar surface area (TPSA) is 41.9 Å². The van der Waals surface area contributed by atoms with Crippen molar-refractivity contribution >= 4 is 12.4 Å². The maximum Gasteiger partial charge on any atom is 0.231 e. The Morgan fingerprint density at radius 3 is 2.60 bits per heavy atom. The predicted octanol–water partition coefficient (Wildman–Crippen LogP) is 2.75. The second-order valence-electron chi connectivity index (χ2n) is 5.24. The summed E-state index contributed by atoms with van der Waals surface area (Å²) < 4.78 is 10.8. The minimum atomic E-state index is 0. The number of ether oxygens (including phenoxy) is 2. The van der Waals surface area contributed by atoms with E-state index in [0.29, 0.717) is 12.8 Å². The first-order chi connectivity index (χ1) is 9.38. The number of nitrogens with zero attached hydrogens (tertiary/aromatic N) is 1. The van der Waals surface area contributed by atoms with Gasteiger partial charge in [0, 0.05) is 12.6 Å². The van der Waals surface area contributed by atoms with Gasteiger partial charge in [0.25, 0.3) is 0 Å². The monoisotopic (exact) mass is 299 g/mol. The average molecular weight is 300 g/mol. The number of piperidine rings is 1. The van der Waals surface area contributed by atoms with E-state index in [-0.39, 0.29) is 19.0 Å². The van der Waals surface area contributed by atoms with Gasteiger partial charge in [0.15, 0.2) is 11.5 Å². The number of benzene rings is 1. The molecule has 0 aromatic heterocycles. The van der Waals surface area contributed by atoms with Gasteiger partial charge in [-0.2, -0.15) is 0 Å². The Morgan fingerprint density at radius 2 is 1.85 bits per heavy atom. The molecule has 4 nitrogen and oxygen atoms in total. The number of fused-ring (bicyclic) bond motifs is 1. The lowest BCUT2D eigenvalue weighted by molar-refractivity contribution is 0.133. The van der Waals surface area contributed by atoms with Crippen LogP contribution in [-0.4, -0.2) is 36.5 Å². The summed E-state index contributed by atoms with van der Waals surface area (Å²) >= 11 is 0. The summed E-state index contributed by atoms with van der Waals surface area (Å²) in [6, 6.07) is 6.44. The van der Waals surface area contributed by atoms with Gasteiger partial charge in [-0.3, -0.25) is 4.90 Å². The SMILES string of the molecule is Cl.OCCC(c1ccc2c(c1)OCO2)N1CCCCC1. The van der Waals surface area contributed by atoms with E-state index in [0.717, 1.165) is 31.0 Å². The zero-order valence-corrected chi connectivity index (χ0v) is 12.4. The normalized spacial score (nSPS) is 19.4. The van der Waals surface area contributed by atoms with Crippen molar-refractivity contribution in [2.24, 2.45) is 0 Å². The predicted molar refractivity (Wildman–Crippen MR) is 79.7 cm³/mol. The Kier molecular flexibility index (Phi) is 5.52. The van der Waals surface area contributed by atoms with E-state index in [1.54, 1.807) is 0 Å². The van der Waals surface area contributed by atoms with Crippen LogP contribution in [0.15, 0.2) is 18.2 Å². The number of likely N-dealkylation sites (tertiary alicyclic amines) is 1. The highest BCUT2D eigenvalue weighted by Crippen LogP contribution is 2.36. The molecule has 0 aliphatic carbocycles. The first-order valence-corrected chi connectivity index (χ1v) is 7.13. The summed E-state index contributed by atoms with van der Waals surface area (Å²) in [6.07, 6.45) is 4.61. The molecule has 1 atom stereocenters. The number of aliphatic hydroxyl groups is 1. The summed E-state index contributed by atoms with van der Waals surface area (Å²) in [5.41, 5.74) is 1.22. The van der Waals surface area contributed by atoms with Crippen LogP contribution in [0.2, 0.25) is 0 Å². The molecule has 1 aromatic rings. The van der Waals surface area contributed by atoms with E-state index in [1.807, 2.05) is 6.07 Å². The number of aliphatic hydroxyl groups excluding tert-OH is 1. The van der Waals surface area contributed by atoms with Crippen molar-refractivity contribution in [3.8, 4) is 11.5 Å². The molecule has 5 heteroatoms. The highest BCUT2D eigenvalue weighted by atomic mass is 35.5. The van der Waals surface area contributed by atoms with Gasteiger partial charge < -0.3 is 14.6 Å². The fraction of sp³-hybridized carbons (Fsp3) is 0.600. The lowest BCUT2D eigenvalue weighted by Gasteiger charge is -2.34. The Morgan fingerprint density at radius 1 is 1.10 bits per heavy atom. The largest absolute Gasteiger partial charge is 0.454 e. The van der Waals surface area contributed by atoms with Crippen molar-refractivity contribution in [1.82, 2.24) is 4.90 Å². The van der Waals surface area contributed by atoms with Crippen molar-refractivity contribution in [1.29, 1.82) is 0 Å². The second-order valence-corrected chi connectivity index (χ2v) is 5.24. The van der Waals surface area contributed by atoms with Gasteiger partial charge in [-0.1, -0.05) is 12.5 Å². The second kappa shape index (κ2) is 7.16. The van der Waals surface area contributed by atoms with Crippen LogP contribution in [0.4, 0.5) is 0 Å². The summed E-state index contributed by atoms with van der Waals surface area (Å²) in [6.45, 7) is 2.78. The van der Waals surface area contributed by atoms with Crippen LogP contribution in [0.3, 0.4) is 0 Å². The Balaban J connectivity index is 0.00000147. The van der Waals surface area contributed by atoms with Gasteiger partial charge in [-0.15, -0.1) is 12.4 Å². The Bertz CT molecular complexity index is 435. The molecular weight excluding hydrogens is 278 g/mol. The van der Waals surface area contributed by atoms with Crippen LogP contribution >= 0.6 is 12.4 Å². The first-order valence-electron chi connectivity index (χ1n) is 7.13. The molecule has 1 unspecified atom stereocenters. The minimum Gasteiger partial charge on any atom is -0.454 e. The van der Waals surface area contributed by atoms with Crippen molar-refractivity contribution in [2.75, 3.05) is 26.5 Å². The van der Waals surface area contributed by atoms with E-state index < -0.39 is 0 Å². The van der Waals surface area contributed by atoms with Crippen LogP contribution in [0.25, 0.3) is 0 Å². The molecule has 0 amide bonds. The molecule has 1 fully saturated rings. The molecule has 2 heterocycles. The quantitative estimate of drug-likeness (QED) is 0.928. The zero-order valence-electron chi connectivity index (χ0n) is 11.6. The number of hydrogen-bond acceptors (Lipinski definition) is 4. The summed E-state index contributed by atoms with van der Waals surface area (Å²) in [5, 5.41) is 9.34. The molecule has 1 N–H and O–H groups in total. The fourth-order valence-corrected chi connectivity index (χ4v) is 3.03. The fourth-order valence-electron chi connectivity index (χ4n) is 3.03. The number of hydrogen-bond donors (Lipinski definition) is 1. The van der Waals surface area contributed by atoms with Gasteiger partial charge in [-0.25, -0.2) is 0 Å². The highest BCUT2D eigenvalue weighted by molar-refractivity contribution is 5.85. The van der Waals surface area contributed by atoms with Crippen molar-refractivity contribution in [2.45, 2.75) is 31.7 Å². The van der Waals surface area contributed by atoms with Crippen molar-refractivity contribution in [3.63, 3.8) is 0 Å². The molecule has 112 valence electrons. The molecule has 1 aromatic carbocycles. The summed E-state index contributed by atoms with van der Waals surface area (Å²) in [4.78, 5) is 2.48. The van der Waals surface area contributed by atoms with E-state index in [2.05, 4.69) is 17.0 Å². The van der Waals surface area contributed by atoms with E-state index >= 15 is 0 Å². The van der Waals surface area contributed by atoms with Crippen LogP contribution in [0.1, 0.15) is 37.3 Å². The van der Waals surface area contributed by atoms with Gasteiger partial charge in [0.05, 0.1) is 0 Å². The molecule has 0 bridgehead atoms. The number of halogens is 1. The van der Waals surface area contributed by atoms with E-state index in [1.165, 1.54) is 24.8 Å². The molecule has 0 saturated carbocycles. The maximum absolute atomic E-state index is 9.34. The van der Waals surface area contributed by atoms with Gasteiger partial charge in [0.2, 0.25) is 6.79 Å². The summed E-state index contributed by atoms with van der Waals surface area (Å²) in [7, 11) is 0. The van der Waals surface area contributed by atoms with Gasteiger partial charge >= 0.3 is 0 Å². The molecule has 20 heavy (non-hydrogen) atoms. The molecular formula is C15H22ClNO3. The molecule has 2 aliphatic rings. The highest BCUT2D eigenvalue weighted by Gasteiger charge is 2.24. The zero-order chi connectivity index (χ0) is 13.1. The first kappa shape index (κ1) is 15.4. The third kappa shape index (κ3) is 3.19. The lowest BCUT2D eigenvalue weighted by Crippen LogP contribution is -2.34. The molecule has 0 radical (unpaired) electrons. The molecule has 2 aliphatic heterocycles. The average Bonchev–Trinajstić information content (AvgIpc) is 2.93. The lowest BCUT2D eigenvalue weighted by atomic mass is 9.99. The van der Waals surface area contributed by atoms with Gasteiger partial charge in [0.1, 0.15) is 0 Å². The van der Waals surface area contributed by atoms with E-state index in [9.17, 15) is 5.11 Å². The van der Waals surface area contributed by atoms with Crippen LogP contribution in [0.5, 0.6) is 11.5 Å². The minimum absolute atomic E-state index is 0. The molecule has 1 saturated heterocycles. The van der Waals surface area contributed by atoms with Crippen LogP contribution < -0.4 is 9.47 Å². The Hall–Kier alpha value is -0.970. The Labute approximate surface area is 126 Å². The van der Waals surface area contributed by atoms with Crippen molar-refractivity contribution < 1.29 is 14.6 Å². The maximum atomic E-state index is 9.34. The van der Waals surface area contributed by atoms with Gasteiger partial charge in [-0.05, 0) is 50.0 Å². The summed E-state index contributed by atoms with van der Waals surface area (Å²) in [5.74, 6) is 1.66. The van der Waals surface area contributed by atoms with Crippen LogP contribution in [-0.2, 0) is 0 Å². The standard InChI is InChI=1S/C15H21NO3.ClH/c17-9-6-13(16-7-2-1-3-8-16)12-4-5-14-15(10-12)19-11-18-14;/h4-5,10,13,17H,1-3,6-9,11H2;1H. The van der Waals surface area contributed by atoms with Crippen molar-refractivity contribution in [3.05, 3.63) is 23.8 Å².